The number of aromatic nitrogens is 2. The largest absolute Gasteiger partial charge is 0.435 e. The molecule has 0 bridgehead atoms. The lowest BCUT2D eigenvalue weighted by molar-refractivity contribution is -0.141. The van der Waals surface area contributed by atoms with Gasteiger partial charge in [0.1, 0.15) is 6.54 Å². The average molecular weight is 448 g/mol. The molecule has 1 aliphatic rings. The molecule has 0 spiro atoms. The summed E-state index contributed by atoms with van der Waals surface area (Å²) in [5, 5.41) is 6.51. The van der Waals surface area contributed by atoms with Crippen molar-refractivity contribution < 1.29 is 22.8 Å². The van der Waals surface area contributed by atoms with Gasteiger partial charge < -0.3 is 5.32 Å². The van der Waals surface area contributed by atoms with Crippen molar-refractivity contribution in [1.82, 2.24) is 9.78 Å². The monoisotopic (exact) mass is 447 g/mol. The number of nitrogens with one attached hydrogen (secondary N) is 1. The van der Waals surface area contributed by atoms with E-state index in [0.29, 0.717) is 16.3 Å². The van der Waals surface area contributed by atoms with Gasteiger partial charge >= 0.3 is 6.18 Å². The summed E-state index contributed by atoms with van der Waals surface area (Å²) in [6, 6.07) is 13.9. The molecule has 5 nitrogen and oxygen atoms in total. The van der Waals surface area contributed by atoms with Gasteiger partial charge in [0.2, 0.25) is 5.91 Å². The van der Waals surface area contributed by atoms with E-state index in [9.17, 15) is 22.8 Å². The van der Waals surface area contributed by atoms with E-state index in [0.717, 1.165) is 23.6 Å². The number of anilines is 1. The second kappa shape index (κ2) is 8.19. The first-order valence-corrected chi connectivity index (χ1v) is 9.94. The number of carbonyl (C=O) groups excluding carboxylic acids is 2. The molecule has 4 rings (SSSR count). The van der Waals surface area contributed by atoms with E-state index in [1.54, 1.807) is 30.3 Å². The summed E-state index contributed by atoms with van der Waals surface area (Å²) in [4.78, 5) is 25.5. The summed E-state index contributed by atoms with van der Waals surface area (Å²) in [5.74, 6) is -0.958. The van der Waals surface area contributed by atoms with E-state index < -0.39 is 24.3 Å². The van der Waals surface area contributed by atoms with Crippen LogP contribution in [-0.4, -0.2) is 21.5 Å². The van der Waals surface area contributed by atoms with Gasteiger partial charge in [-0.2, -0.15) is 18.3 Å². The van der Waals surface area contributed by atoms with E-state index in [1.807, 2.05) is 0 Å². The quantitative estimate of drug-likeness (QED) is 0.521. The third-order valence-corrected chi connectivity index (χ3v) is 5.16. The number of hydrogen-bond donors (Lipinski definition) is 1. The highest BCUT2D eigenvalue weighted by atomic mass is 35.5. The summed E-state index contributed by atoms with van der Waals surface area (Å²) >= 11 is 6.04. The maximum Gasteiger partial charge on any atom is 0.435 e. The molecule has 0 aliphatic heterocycles. The summed E-state index contributed by atoms with van der Waals surface area (Å²) in [6.45, 7) is -0.399. The molecular weight excluding hydrogens is 431 g/mol. The number of rotatable bonds is 6. The van der Waals surface area contributed by atoms with Crippen LogP contribution in [0.1, 0.15) is 46.1 Å². The molecule has 0 unspecified atom stereocenters. The van der Waals surface area contributed by atoms with E-state index in [4.69, 9.17) is 11.6 Å². The number of halogens is 4. The summed E-state index contributed by atoms with van der Waals surface area (Å²) < 4.78 is 40.3. The van der Waals surface area contributed by atoms with Gasteiger partial charge in [0.05, 0.1) is 5.69 Å². The lowest BCUT2D eigenvalue weighted by Crippen LogP contribution is -2.22. The van der Waals surface area contributed by atoms with Crippen LogP contribution in [0.2, 0.25) is 5.02 Å². The molecule has 1 fully saturated rings. The number of ketones is 1. The molecule has 0 atom stereocenters. The maximum atomic E-state index is 13.1. The van der Waals surface area contributed by atoms with Crippen LogP contribution in [0.5, 0.6) is 0 Å². The SMILES string of the molecule is O=C(Cn1nc(C(F)(F)F)cc1C1CC1)Nc1ccc(Cl)cc1C(=O)c1ccccc1. The van der Waals surface area contributed by atoms with Gasteiger partial charge in [-0.3, -0.25) is 14.3 Å². The Hall–Kier alpha value is -3.13. The molecule has 1 amide bonds. The Bertz CT molecular complexity index is 1140. The van der Waals surface area contributed by atoms with Crippen molar-refractivity contribution in [3.8, 4) is 0 Å². The standard InChI is InChI=1S/C22H17ClF3N3O2/c23-15-8-9-17(16(10-15)21(31)14-4-2-1-3-5-14)27-20(30)12-29-18(13-6-7-13)11-19(28-29)22(24,25)26/h1-5,8-11,13H,6-7,12H2,(H,27,30). The average Bonchev–Trinajstić information content (AvgIpc) is 3.48. The van der Waals surface area contributed by atoms with Crippen LogP contribution in [0, 0.1) is 0 Å². The predicted molar refractivity (Wildman–Crippen MR) is 109 cm³/mol. The van der Waals surface area contributed by atoms with Gasteiger partial charge in [-0.1, -0.05) is 41.9 Å². The molecule has 160 valence electrons. The molecule has 9 heteroatoms. The summed E-state index contributed by atoms with van der Waals surface area (Å²) in [6.07, 6.45) is -3.06. The Balaban J connectivity index is 1.57. The second-order valence-electron chi connectivity index (χ2n) is 7.32. The molecule has 1 heterocycles. The van der Waals surface area contributed by atoms with Crippen molar-refractivity contribution in [1.29, 1.82) is 0 Å². The first kappa shape index (κ1) is 21.1. The van der Waals surface area contributed by atoms with Crippen LogP contribution in [0.15, 0.2) is 54.6 Å². The van der Waals surface area contributed by atoms with Crippen LogP contribution in [-0.2, 0) is 17.5 Å². The molecule has 1 saturated carbocycles. The van der Waals surface area contributed by atoms with Crippen LogP contribution in [0.4, 0.5) is 18.9 Å². The molecule has 1 aliphatic carbocycles. The smallest absolute Gasteiger partial charge is 0.324 e. The molecule has 0 radical (unpaired) electrons. The highest BCUT2D eigenvalue weighted by Crippen LogP contribution is 2.42. The molecule has 3 aromatic rings. The van der Waals surface area contributed by atoms with Gasteiger partial charge in [-0.05, 0) is 37.1 Å². The number of carbonyl (C=O) groups is 2. The van der Waals surface area contributed by atoms with Crippen LogP contribution >= 0.6 is 11.6 Å². The fourth-order valence-corrected chi connectivity index (χ4v) is 3.46. The summed E-state index contributed by atoms with van der Waals surface area (Å²) in [5.41, 5.74) is 0.191. The van der Waals surface area contributed by atoms with Crippen molar-refractivity contribution >= 4 is 29.0 Å². The van der Waals surface area contributed by atoms with Crippen molar-refractivity contribution in [2.75, 3.05) is 5.32 Å². The first-order chi connectivity index (χ1) is 14.7. The third-order valence-electron chi connectivity index (χ3n) is 4.93. The van der Waals surface area contributed by atoms with E-state index in [2.05, 4.69) is 10.4 Å². The number of benzene rings is 2. The van der Waals surface area contributed by atoms with Gasteiger partial charge in [0.25, 0.3) is 0 Å². The highest BCUT2D eigenvalue weighted by Gasteiger charge is 2.38. The van der Waals surface area contributed by atoms with Crippen LogP contribution in [0.3, 0.4) is 0 Å². The zero-order valence-corrected chi connectivity index (χ0v) is 16.9. The Morgan fingerprint density at radius 3 is 2.45 bits per heavy atom. The molecule has 2 aromatic carbocycles. The minimum atomic E-state index is -4.59. The Morgan fingerprint density at radius 1 is 1.10 bits per heavy atom. The Kier molecular flexibility index (Phi) is 5.58. The maximum absolute atomic E-state index is 13.1. The van der Waals surface area contributed by atoms with Gasteiger partial charge in [-0.15, -0.1) is 0 Å². The Morgan fingerprint density at radius 2 is 1.81 bits per heavy atom. The fraction of sp³-hybridized carbons (Fsp3) is 0.227. The van der Waals surface area contributed by atoms with Crippen LogP contribution in [0.25, 0.3) is 0 Å². The fourth-order valence-electron chi connectivity index (χ4n) is 3.29. The molecule has 1 aromatic heterocycles. The second-order valence-corrected chi connectivity index (χ2v) is 7.75. The molecule has 1 N–H and O–H groups in total. The van der Waals surface area contributed by atoms with Gasteiger partial charge in [-0.25, -0.2) is 0 Å². The minimum absolute atomic E-state index is 0.0258. The first-order valence-electron chi connectivity index (χ1n) is 9.56. The van der Waals surface area contributed by atoms with E-state index >= 15 is 0 Å². The van der Waals surface area contributed by atoms with E-state index in [1.165, 1.54) is 18.2 Å². The lowest BCUT2D eigenvalue weighted by atomic mass is 10.0. The number of amides is 1. The van der Waals surface area contributed by atoms with E-state index in [-0.39, 0.29) is 23.0 Å². The third kappa shape index (κ3) is 4.80. The Labute approximate surface area is 180 Å². The number of nitrogens with zero attached hydrogens (tertiary/aromatic N) is 2. The normalized spacial score (nSPS) is 13.8. The number of hydrogen-bond acceptors (Lipinski definition) is 3. The molecular formula is C22H17ClF3N3O2. The molecule has 0 saturated heterocycles. The molecule has 31 heavy (non-hydrogen) atoms. The minimum Gasteiger partial charge on any atom is -0.324 e. The van der Waals surface area contributed by atoms with Crippen molar-refractivity contribution in [2.24, 2.45) is 0 Å². The summed E-state index contributed by atoms with van der Waals surface area (Å²) in [7, 11) is 0. The lowest BCUT2D eigenvalue weighted by Gasteiger charge is -2.12. The van der Waals surface area contributed by atoms with Crippen LogP contribution < -0.4 is 5.32 Å². The predicted octanol–water partition coefficient (Wildman–Crippen LogP) is 5.30. The highest BCUT2D eigenvalue weighted by molar-refractivity contribution is 6.31. The zero-order valence-electron chi connectivity index (χ0n) is 16.1. The van der Waals surface area contributed by atoms with Gasteiger partial charge in [0.15, 0.2) is 11.5 Å². The zero-order chi connectivity index (χ0) is 22.2. The topological polar surface area (TPSA) is 64.0 Å². The van der Waals surface area contributed by atoms with Crippen molar-refractivity contribution in [2.45, 2.75) is 31.5 Å². The number of alkyl halides is 3. The van der Waals surface area contributed by atoms with Gasteiger partial charge in [0, 0.05) is 27.8 Å². The van der Waals surface area contributed by atoms with Crippen molar-refractivity contribution in [3.05, 3.63) is 82.1 Å². The van der Waals surface area contributed by atoms with Crippen molar-refractivity contribution in [3.63, 3.8) is 0 Å².